The number of rotatable bonds is 2. The van der Waals surface area contributed by atoms with Gasteiger partial charge >= 0.3 is 0 Å². The summed E-state index contributed by atoms with van der Waals surface area (Å²) in [6.45, 7) is 0. The molecule has 1 aromatic rings. The lowest BCUT2D eigenvalue weighted by Gasteiger charge is -1.97. The predicted octanol–water partition coefficient (Wildman–Crippen LogP) is 0.862. The van der Waals surface area contributed by atoms with Gasteiger partial charge in [0.2, 0.25) is 5.82 Å². The molecule has 1 aromatic heterocycles. The molecule has 4 heteroatoms. The lowest BCUT2D eigenvalue weighted by molar-refractivity contribution is 0.569. The summed E-state index contributed by atoms with van der Waals surface area (Å²) in [6.07, 6.45) is 4.13. The monoisotopic (exact) mass is 168 g/mol. The van der Waals surface area contributed by atoms with Crippen molar-refractivity contribution in [1.29, 1.82) is 0 Å². The maximum Gasteiger partial charge on any atom is 0.287 e. The van der Waals surface area contributed by atoms with Crippen LogP contribution in [0.4, 0.5) is 4.39 Å². The van der Waals surface area contributed by atoms with Crippen molar-refractivity contribution in [2.45, 2.75) is 19.3 Å². The van der Waals surface area contributed by atoms with E-state index in [1.165, 1.54) is 6.33 Å². The second-order valence-corrected chi connectivity index (χ2v) is 3.14. The van der Waals surface area contributed by atoms with Gasteiger partial charge in [-0.15, -0.1) is 0 Å². The number of hydrogen-bond acceptors (Lipinski definition) is 2. The van der Waals surface area contributed by atoms with E-state index in [-0.39, 0.29) is 0 Å². The average Bonchev–Trinajstić information content (AvgIpc) is 2.83. The number of nitrogens with zero attached hydrogens (tertiary/aromatic N) is 1. The highest BCUT2D eigenvalue weighted by atomic mass is 19.1. The first-order chi connectivity index (χ1) is 5.77. The van der Waals surface area contributed by atoms with E-state index in [0.29, 0.717) is 18.0 Å². The first-order valence-corrected chi connectivity index (χ1v) is 3.99. The Balaban J connectivity index is 2.29. The summed E-state index contributed by atoms with van der Waals surface area (Å²) in [6, 6.07) is 0. The van der Waals surface area contributed by atoms with Crippen molar-refractivity contribution in [3.8, 4) is 0 Å². The van der Waals surface area contributed by atoms with Gasteiger partial charge in [-0.25, -0.2) is 4.98 Å². The van der Waals surface area contributed by atoms with Gasteiger partial charge in [0, 0.05) is 0 Å². The lowest BCUT2D eigenvalue weighted by atomic mass is 10.2. The molecule has 1 saturated carbocycles. The largest absolute Gasteiger partial charge is 0.311 e. The minimum Gasteiger partial charge on any atom is -0.311 e. The van der Waals surface area contributed by atoms with Crippen LogP contribution in [0.15, 0.2) is 11.1 Å². The van der Waals surface area contributed by atoms with Crippen molar-refractivity contribution in [3.63, 3.8) is 0 Å². The fraction of sp³-hybridized carbons (Fsp3) is 0.500. The molecule has 1 fully saturated rings. The van der Waals surface area contributed by atoms with Crippen LogP contribution in [0, 0.1) is 11.7 Å². The van der Waals surface area contributed by atoms with Crippen molar-refractivity contribution in [3.05, 3.63) is 28.2 Å². The molecule has 0 aliphatic heterocycles. The smallest absolute Gasteiger partial charge is 0.287 e. The van der Waals surface area contributed by atoms with Crippen LogP contribution < -0.4 is 5.56 Å². The Labute approximate surface area is 68.7 Å². The fourth-order valence-corrected chi connectivity index (χ4v) is 1.16. The molecule has 0 aromatic carbocycles. The Morgan fingerprint density at radius 3 is 3.08 bits per heavy atom. The standard InChI is InChI=1S/C8H9FN2O/c9-7-6(3-5-1-2-5)10-4-11-8(7)12/h4-5H,1-3H2,(H,10,11,12). The Kier molecular flexibility index (Phi) is 1.67. The second kappa shape index (κ2) is 2.69. The number of halogens is 1. The molecule has 3 nitrogen and oxygen atoms in total. The summed E-state index contributed by atoms with van der Waals surface area (Å²) in [5.41, 5.74) is -0.359. The van der Waals surface area contributed by atoms with E-state index >= 15 is 0 Å². The van der Waals surface area contributed by atoms with Gasteiger partial charge in [0.05, 0.1) is 12.0 Å². The predicted molar refractivity (Wildman–Crippen MR) is 41.2 cm³/mol. The Bertz CT molecular complexity index is 343. The minimum atomic E-state index is -0.718. The SMILES string of the molecule is O=c1[nH]cnc(CC2CC2)c1F. The van der Waals surface area contributed by atoms with E-state index < -0.39 is 11.4 Å². The van der Waals surface area contributed by atoms with Crippen LogP contribution in [-0.2, 0) is 6.42 Å². The highest BCUT2D eigenvalue weighted by Crippen LogP contribution is 2.32. The molecule has 2 rings (SSSR count). The van der Waals surface area contributed by atoms with Crippen LogP contribution in [0.25, 0.3) is 0 Å². The third kappa shape index (κ3) is 1.37. The van der Waals surface area contributed by atoms with Crippen LogP contribution in [0.2, 0.25) is 0 Å². The Morgan fingerprint density at radius 2 is 2.42 bits per heavy atom. The third-order valence-corrected chi connectivity index (χ3v) is 2.05. The van der Waals surface area contributed by atoms with Crippen molar-refractivity contribution >= 4 is 0 Å². The van der Waals surface area contributed by atoms with Crippen molar-refractivity contribution in [1.82, 2.24) is 9.97 Å². The second-order valence-electron chi connectivity index (χ2n) is 3.14. The number of aromatic amines is 1. The molecular formula is C8H9FN2O. The van der Waals surface area contributed by atoms with E-state index in [4.69, 9.17) is 0 Å². The molecule has 1 aliphatic rings. The van der Waals surface area contributed by atoms with Gasteiger partial charge in [-0.3, -0.25) is 4.79 Å². The molecule has 1 N–H and O–H groups in total. The topological polar surface area (TPSA) is 45.8 Å². The van der Waals surface area contributed by atoms with Crippen LogP contribution in [0.3, 0.4) is 0 Å². The van der Waals surface area contributed by atoms with Crippen LogP contribution >= 0.6 is 0 Å². The molecule has 0 spiro atoms. The quantitative estimate of drug-likeness (QED) is 0.711. The van der Waals surface area contributed by atoms with Crippen LogP contribution in [-0.4, -0.2) is 9.97 Å². The molecule has 1 aliphatic carbocycles. The van der Waals surface area contributed by atoms with Gasteiger partial charge in [0.15, 0.2) is 0 Å². The maximum atomic E-state index is 13.0. The van der Waals surface area contributed by atoms with Gasteiger partial charge < -0.3 is 4.98 Å². The molecular weight excluding hydrogens is 159 g/mol. The van der Waals surface area contributed by atoms with E-state index in [0.717, 1.165) is 12.8 Å². The van der Waals surface area contributed by atoms with Gasteiger partial charge in [0.25, 0.3) is 5.56 Å². The molecule has 0 bridgehead atoms. The van der Waals surface area contributed by atoms with E-state index in [2.05, 4.69) is 9.97 Å². The normalized spacial score (nSPS) is 16.4. The Morgan fingerprint density at radius 1 is 1.67 bits per heavy atom. The molecule has 0 atom stereocenters. The maximum absolute atomic E-state index is 13.0. The number of hydrogen-bond donors (Lipinski definition) is 1. The zero-order chi connectivity index (χ0) is 8.55. The van der Waals surface area contributed by atoms with Crippen LogP contribution in [0.1, 0.15) is 18.5 Å². The molecule has 0 unspecified atom stereocenters. The van der Waals surface area contributed by atoms with Gasteiger partial charge in [-0.2, -0.15) is 4.39 Å². The molecule has 1 heterocycles. The van der Waals surface area contributed by atoms with Crippen molar-refractivity contribution in [2.75, 3.05) is 0 Å². The molecule has 12 heavy (non-hydrogen) atoms. The molecule has 64 valence electrons. The number of H-pyrrole nitrogens is 1. The fourth-order valence-electron chi connectivity index (χ4n) is 1.16. The van der Waals surface area contributed by atoms with E-state index in [1.807, 2.05) is 0 Å². The average molecular weight is 168 g/mol. The molecule has 0 amide bonds. The summed E-state index contributed by atoms with van der Waals surface area (Å²) < 4.78 is 13.0. The third-order valence-electron chi connectivity index (χ3n) is 2.05. The van der Waals surface area contributed by atoms with Crippen molar-refractivity contribution < 1.29 is 4.39 Å². The lowest BCUT2D eigenvalue weighted by Crippen LogP contribution is -2.15. The first kappa shape index (κ1) is 7.46. The number of aromatic nitrogens is 2. The van der Waals surface area contributed by atoms with Gasteiger partial charge in [-0.1, -0.05) is 0 Å². The summed E-state index contributed by atoms with van der Waals surface area (Å²) in [5.74, 6) is -0.168. The molecule has 0 radical (unpaired) electrons. The highest BCUT2D eigenvalue weighted by Gasteiger charge is 2.24. The Hall–Kier alpha value is -1.19. The summed E-state index contributed by atoms with van der Waals surface area (Å²) in [5, 5.41) is 0. The van der Waals surface area contributed by atoms with Crippen molar-refractivity contribution in [2.24, 2.45) is 5.92 Å². The summed E-state index contributed by atoms with van der Waals surface area (Å²) >= 11 is 0. The number of nitrogens with one attached hydrogen (secondary N) is 1. The molecule has 0 saturated heterocycles. The van der Waals surface area contributed by atoms with Gasteiger partial charge in [-0.05, 0) is 25.2 Å². The summed E-state index contributed by atoms with van der Waals surface area (Å²) in [4.78, 5) is 16.8. The zero-order valence-electron chi connectivity index (χ0n) is 6.51. The van der Waals surface area contributed by atoms with E-state index in [9.17, 15) is 9.18 Å². The summed E-state index contributed by atoms with van der Waals surface area (Å²) in [7, 11) is 0. The first-order valence-electron chi connectivity index (χ1n) is 3.99. The highest BCUT2D eigenvalue weighted by molar-refractivity contribution is 5.04. The van der Waals surface area contributed by atoms with E-state index in [1.54, 1.807) is 0 Å². The minimum absolute atomic E-state index is 0.307. The zero-order valence-corrected chi connectivity index (χ0v) is 6.51. The van der Waals surface area contributed by atoms with Crippen LogP contribution in [0.5, 0.6) is 0 Å². The van der Waals surface area contributed by atoms with Gasteiger partial charge in [0.1, 0.15) is 0 Å².